The molecule has 0 aromatic rings. The highest BCUT2D eigenvalue weighted by atomic mass is 31.2. The van der Waals surface area contributed by atoms with Gasteiger partial charge in [-0.25, -0.2) is 4.57 Å². The number of allylic oxidation sites excluding steroid dienone is 5. The van der Waals surface area contributed by atoms with Gasteiger partial charge >= 0.3 is 7.82 Å². The fourth-order valence-electron chi connectivity index (χ4n) is 9.06. The van der Waals surface area contributed by atoms with Crippen LogP contribution in [0.3, 0.4) is 0 Å². The maximum atomic E-state index is 13.0. The van der Waals surface area contributed by atoms with Crippen LogP contribution in [0.2, 0.25) is 0 Å². The molecule has 0 aliphatic carbocycles. The van der Waals surface area contributed by atoms with Crippen molar-refractivity contribution in [1.82, 2.24) is 5.32 Å². The lowest BCUT2D eigenvalue weighted by atomic mass is 10.0. The molecular formula is C61H120N2O6P+. The molecule has 1 amide bonds. The van der Waals surface area contributed by atoms with E-state index >= 15 is 0 Å². The van der Waals surface area contributed by atoms with Gasteiger partial charge in [0.15, 0.2) is 0 Å². The Balaban J connectivity index is 4.17. The van der Waals surface area contributed by atoms with Gasteiger partial charge in [0, 0.05) is 6.42 Å². The molecule has 0 spiro atoms. The Morgan fingerprint density at radius 3 is 1.14 bits per heavy atom. The van der Waals surface area contributed by atoms with Crippen LogP contribution in [0.25, 0.3) is 0 Å². The lowest BCUT2D eigenvalue weighted by Gasteiger charge is -2.25. The Hall–Kier alpha value is -1.28. The number of likely N-dealkylation sites (N-methyl/N-ethyl adjacent to an activating group) is 1. The van der Waals surface area contributed by atoms with Gasteiger partial charge in [0.05, 0.1) is 39.9 Å². The summed E-state index contributed by atoms with van der Waals surface area (Å²) in [4.78, 5) is 23.3. The van der Waals surface area contributed by atoms with E-state index in [1.807, 2.05) is 27.2 Å². The molecule has 70 heavy (non-hydrogen) atoms. The van der Waals surface area contributed by atoms with Crippen LogP contribution in [0.4, 0.5) is 0 Å². The van der Waals surface area contributed by atoms with E-state index < -0.39 is 20.0 Å². The standard InChI is InChI=1S/C61H119N2O6P/c1-6-8-10-12-14-16-18-20-22-24-26-27-28-29-30-31-32-33-34-35-36-37-38-40-42-44-46-48-50-52-54-60(64)59(58-69-70(66,67)68-57-56-63(3,4)5)62-61(65)55-53-51-49-47-45-43-41-39-25-23-21-19-17-15-13-11-9-7-2/h23,25,44,46,52,54,59-60,64H,6-22,24,26-43,45,47-51,53,55-58H2,1-5H3,(H-,62,65,66,67)/p+1/b25-23-,46-44+,54-52+. The largest absolute Gasteiger partial charge is 0.472 e. The number of nitrogens with one attached hydrogen (secondary N) is 1. The van der Waals surface area contributed by atoms with E-state index in [0.717, 1.165) is 38.5 Å². The number of unbranched alkanes of at least 4 members (excludes halogenated alkanes) is 39. The van der Waals surface area contributed by atoms with Gasteiger partial charge in [-0.05, 0) is 57.8 Å². The normalized spacial score (nSPS) is 14.1. The summed E-state index contributed by atoms with van der Waals surface area (Å²) in [7, 11) is 1.56. The molecule has 0 heterocycles. The topological polar surface area (TPSA) is 105 Å². The van der Waals surface area contributed by atoms with Crippen LogP contribution in [0.5, 0.6) is 0 Å². The Labute approximate surface area is 436 Å². The number of amides is 1. The summed E-state index contributed by atoms with van der Waals surface area (Å²) in [5, 5.41) is 13.9. The van der Waals surface area contributed by atoms with Gasteiger partial charge < -0.3 is 19.8 Å². The smallest absolute Gasteiger partial charge is 0.387 e. The third-order valence-electron chi connectivity index (χ3n) is 13.8. The van der Waals surface area contributed by atoms with E-state index in [4.69, 9.17) is 9.05 Å². The highest BCUT2D eigenvalue weighted by Crippen LogP contribution is 2.43. The van der Waals surface area contributed by atoms with Gasteiger partial charge in [-0.15, -0.1) is 0 Å². The van der Waals surface area contributed by atoms with E-state index in [-0.39, 0.29) is 19.1 Å². The SMILES string of the molecule is CCCCCCCCC/C=C\CCCCCCCCCC(=O)NC(COP(=O)(O)OCC[N+](C)(C)C)C(O)/C=C/CC/C=C/CCCCCCCCCCCCCCCCCCCCCCCCCC. The van der Waals surface area contributed by atoms with Crippen molar-refractivity contribution in [2.24, 2.45) is 0 Å². The van der Waals surface area contributed by atoms with Crippen molar-refractivity contribution >= 4 is 13.7 Å². The molecule has 0 saturated carbocycles. The summed E-state index contributed by atoms with van der Waals surface area (Å²) < 4.78 is 23.7. The highest BCUT2D eigenvalue weighted by Gasteiger charge is 2.27. The van der Waals surface area contributed by atoms with Crippen LogP contribution < -0.4 is 5.32 Å². The molecule has 0 rings (SSSR count). The Morgan fingerprint density at radius 1 is 0.471 bits per heavy atom. The van der Waals surface area contributed by atoms with Crippen LogP contribution >= 0.6 is 7.82 Å². The summed E-state index contributed by atoms with van der Waals surface area (Å²) in [5.41, 5.74) is 0. The van der Waals surface area contributed by atoms with Crippen LogP contribution in [0.1, 0.15) is 296 Å². The molecule has 8 nitrogen and oxygen atoms in total. The molecule has 0 radical (unpaired) electrons. The molecule has 3 N–H and O–H groups in total. The molecule has 0 aliphatic rings. The maximum absolute atomic E-state index is 13.0. The average molecular weight is 1010 g/mol. The minimum Gasteiger partial charge on any atom is -0.387 e. The number of aliphatic hydroxyl groups excluding tert-OH is 1. The zero-order valence-corrected chi connectivity index (χ0v) is 48.2. The molecule has 9 heteroatoms. The quantitative estimate of drug-likeness (QED) is 0.0243. The minimum atomic E-state index is -4.36. The average Bonchev–Trinajstić information content (AvgIpc) is 3.32. The number of aliphatic hydroxyl groups is 1. The van der Waals surface area contributed by atoms with E-state index in [1.54, 1.807) is 6.08 Å². The number of phosphoric ester groups is 1. The lowest BCUT2D eigenvalue weighted by Crippen LogP contribution is -2.45. The second-order valence-corrected chi connectivity index (χ2v) is 23.5. The van der Waals surface area contributed by atoms with Crippen LogP contribution in [-0.4, -0.2) is 73.4 Å². The summed E-state index contributed by atoms with van der Waals surface area (Å²) in [6, 6.07) is -0.866. The van der Waals surface area contributed by atoms with Crippen molar-refractivity contribution in [3.05, 3.63) is 36.5 Å². The number of hydrogen-bond donors (Lipinski definition) is 3. The van der Waals surface area contributed by atoms with Crippen LogP contribution in [0, 0.1) is 0 Å². The molecule has 0 bridgehead atoms. The van der Waals surface area contributed by atoms with Crippen molar-refractivity contribution in [2.75, 3.05) is 40.9 Å². The van der Waals surface area contributed by atoms with Crippen molar-refractivity contribution in [3.63, 3.8) is 0 Å². The minimum absolute atomic E-state index is 0.0559. The van der Waals surface area contributed by atoms with Gasteiger partial charge in [0.25, 0.3) is 0 Å². The Bertz CT molecular complexity index is 1230. The van der Waals surface area contributed by atoms with Crippen LogP contribution in [0.15, 0.2) is 36.5 Å². The van der Waals surface area contributed by atoms with Gasteiger partial charge in [-0.2, -0.15) is 0 Å². The second kappa shape index (κ2) is 52.6. The number of nitrogens with zero attached hydrogens (tertiary/aromatic N) is 1. The number of carbonyl (C=O) groups is 1. The molecular weight excluding hydrogens is 888 g/mol. The monoisotopic (exact) mass is 1010 g/mol. The number of phosphoric acid groups is 1. The zero-order chi connectivity index (χ0) is 51.3. The molecule has 0 aliphatic heterocycles. The van der Waals surface area contributed by atoms with Gasteiger partial charge in [-0.1, -0.05) is 269 Å². The fraction of sp³-hybridized carbons (Fsp3) is 0.885. The molecule has 0 aromatic heterocycles. The van der Waals surface area contributed by atoms with E-state index in [1.165, 1.54) is 238 Å². The Morgan fingerprint density at radius 2 is 0.786 bits per heavy atom. The number of carbonyl (C=O) groups excluding carboxylic acids is 1. The Kier molecular flexibility index (Phi) is 51.6. The summed E-state index contributed by atoms with van der Waals surface area (Å²) in [6.07, 6.45) is 68.4. The molecule has 0 saturated heterocycles. The first-order chi connectivity index (χ1) is 34.0. The molecule has 3 atom stereocenters. The summed E-state index contributed by atoms with van der Waals surface area (Å²) in [6.45, 7) is 4.83. The number of quaternary nitrogens is 1. The number of rotatable bonds is 56. The second-order valence-electron chi connectivity index (χ2n) is 22.1. The maximum Gasteiger partial charge on any atom is 0.472 e. The first-order valence-corrected chi connectivity index (χ1v) is 31.9. The van der Waals surface area contributed by atoms with E-state index in [2.05, 4.69) is 43.5 Å². The van der Waals surface area contributed by atoms with Gasteiger partial charge in [0.2, 0.25) is 5.91 Å². The molecule has 0 aromatic carbocycles. The van der Waals surface area contributed by atoms with Crippen molar-refractivity contribution in [3.8, 4) is 0 Å². The first-order valence-electron chi connectivity index (χ1n) is 30.4. The van der Waals surface area contributed by atoms with Gasteiger partial charge in [-0.3, -0.25) is 13.8 Å². The van der Waals surface area contributed by atoms with Crippen LogP contribution in [-0.2, 0) is 18.4 Å². The highest BCUT2D eigenvalue weighted by molar-refractivity contribution is 7.47. The van der Waals surface area contributed by atoms with Crippen molar-refractivity contribution in [2.45, 2.75) is 309 Å². The zero-order valence-electron chi connectivity index (χ0n) is 47.3. The summed E-state index contributed by atoms with van der Waals surface area (Å²) in [5.74, 6) is -0.188. The molecule has 0 fully saturated rings. The van der Waals surface area contributed by atoms with Crippen molar-refractivity contribution in [1.29, 1.82) is 0 Å². The first kappa shape index (κ1) is 68.7. The van der Waals surface area contributed by atoms with E-state index in [9.17, 15) is 19.4 Å². The van der Waals surface area contributed by atoms with Gasteiger partial charge in [0.1, 0.15) is 13.2 Å². The van der Waals surface area contributed by atoms with Crippen molar-refractivity contribution < 1.29 is 32.9 Å². The van der Waals surface area contributed by atoms with E-state index in [0.29, 0.717) is 17.4 Å². The molecule has 414 valence electrons. The third-order valence-corrected chi connectivity index (χ3v) is 14.8. The fourth-order valence-corrected chi connectivity index (χ4v) is 9.79. The predicted octanol–water partition coefficient (Wildman–Crippen LogP) is 18.5. The lowest BCUT2D eigenvalue weighted by molar-refractivity contribution is -0.870. The summed E-state index contributed by atoms with van der Waals surface area (Å²) >= 11 is 0. The predicted molar refractivity (Wildman–Crippen MR) is 304 cm³/mol. The molecule has 3 unspecified atom stereocenters. The number of hydrogen-bond acceptors (Lipinski definition) is 5. The third kappa shape index (κ3) is 54.5.